The molecule has 1 aliphatic heterocycles. The number of hydrogen-bond donors (Lipinski definition) is 1. The van der Waals surface area contributed by atoms with Crippen LogP contribution in [0, 0.1) is 17.3 Å². The van der Waals surface area contributed by atoms with E-state index < -0.39 is 0 Å². The van der Waals surface area contributed by atoms with Gasteiger partial charge in [0.1, 0.15) is 0 Å². The Morgan fingerprint density at radius 3 is 2.28 bits per heavy atom. The van der Waals surface area contributed by atoms with Crippen LogP contribution in [-0.4, -0.2) is 37.1 Å². The molecule has 1 saturated carbocycles. The molecule has 0 amide bonds. The Morgan fingerprint density at radius 1 is 1.17 bits per heavy atom. The van der Waals surface area contributed by atoms with E-state index in [4.69, 9.17) is 0 Å². The zero-order chi connectivity index (χ0) is 13.2. The van der Waals surface area contributed by atoms with Gasteiger partial charge in [0.2, 0.25) is 0 Å². The first-order chi connectivity index (χ1) is 8.49. The monoisotopic (exact) mass is 254 g/mol. The molecule has 1 saturated heterocycles. The Hall–Kier alpha value is -0.0800. The van der Waals surface area contributed by atoms with Gasteiger partial charge in [0.25, 0.3) is 0 Å². The summed E-state index contributed by atoms with van der Waals surface area (Å²) in [4.78, 5) is 2.66. The highest BCUT2D eigenvalue weighted by atomic mass is 15.2. The normalized spacial score (nSPS) is 25.0. The molecule has 0 aromatic carbocycles. The lowest BCUT2D eigenvalue weighted by atomic mass is 9.65. The summed E-state index contributed by atoms with van der Waals surface area (Å²) in [6.45, 7) is 14.5. The highest BCUT2D eigenvalue weighted by Gasteiger charge is 2.44. The van der Waals surface area contributed by atoms with Gasteiger partial charge in [-0.3, -0.25) is 0 Å². The quantitative estimate of drug-likeness (QED) is 0.809. The van der Waals surface area contributed by atoms with E-state index >= 15 is 0 Å². The van der Waals surface area contributed by atoms with E-state index in [-0.39, 0.29) is 1.43 Å². The van der Waals surface area contributed by atoms with Crippen LogP contribution in [0.2, 0.25) is 0 Å². The third-order valence-electron chi connectivity index (χ3n) is 4.72. The maximum atomic E-state index is 3.60. The van der Waals surface area contributed by atoms with Crippen LogP contribution in [0.1, 0.15) is 54.8 Å². The number of nitrogens with zero attached hydrogens (tertiary/aromatic N) is 1. The van der Waals surface area contributed by atoms with Crippen molar-refractivity contribution in [2.75, 3.05) is 26.2 Å². The minimum Gasteiger partial charge on any atom is -0.314 e. The fourth-order valence-electron chi connectivity index (χ4n) is 3.76. The molecule has 1 spiro atoms. The molecule has 1 N–H and O–H groups in total. The molecule has 0 bridgehead atoms. The lowest BCUT2D eigenvalue weighted by Crippen LogP contribution is -2.58. The zero-order valence-corrected chi connectivity index (χ0v) is 12.8. The van der Waals surface area contributed by atoms with E-state index in [0.717, 1.165) is 17.3 Å². The second-order valence-corrected chi connectivity index (χ2v) is 7.57. The first-order valence-corrected chi connectivity index (χ1v) is 7.95. The molecular weight excluding hydrogens is 220 g/mol. The van der Waals surface area contributed by atoms with Gasteiger partial charge in [-0.1, -0.05) is 27.7 Å². The number of nitrogens with one attached hydrogen (secondary N) is 1. The Bertz CT molecular complexity index is 249. The molecule has 2 fully saturated rings. The Morgan fingerprint density at radius 2 is 1.78 bits per heavy atom. The molecule has 2 rings (SSSR count). The Kier molecular flexibility index (Phi) is 4.71. The second kappa shape index (κ2) is 5.92. The fourth-order valence-corrected chi connectivity index (χ4v) is 3.76. The van der Waals surface area contributed by atoms with Crippen molar-refractivity contribution in [1.29, 1.82) is 0 Å². The van der Waals surface area contributed by atoms with Crippen LogP contribution in [0.4, 0.5) is 0 Å². The number of rotatable bonds is 5. The maximum absolute atomic E-state index is 3.60. The van der Waals surface area contributed by atoms with Crippen LogP contribution in [0.3, 0.4) is 0 Å². The Balaban J connectivity index is 0.00000180. The smallest absolute Gasteiger partial charge is 0.00506 e. The van der Waals surface area contributed by atoms with Gasteiger partial charge in [-0.05, 0) is 49.5 Å². The van der Waals surface area contributed by atoms with E-state index in [1.165, 1.54) is 51.9 Å². The lowest BCUT2D eigenvalue weighted by Gasteiger charge is -2.54. The predicted molar refractivity (Wildman–Crippen MR) is 80.9 cm³/mol. The summed E-state index contributed by atoms with van der Waals surface area (Å²) in [5.41, 5.74) is 0.725. The lowest BCUT2D eigenvalue weighted by molar-refractivity contribution is -0.0432. The van der Waals surface area contributed by atoms with Crippen LogP contribution >= 0.6 is 0 Å². The van der Waals surface area contributed by atoms with Gasteiger partial charge in [0.15, 0.2) is 0 Å². The SMILES string of the molecule is CC(C)CN1CC2(CCC(CNC(C)C)CC2)C1.[HH]. The Labute approximate surface area is 115 Å². The molecule has 18 heavy (non-hydrogen) atoms. The molecule has 1 heterocycles. The fraction of sp³-hybridized carbons (Fsp3) is 1.00. The molecule has 0 radical (unpaired) electrons. The van der Waals surface area contributed by atoms with E-state index in [9.17, 15) is 0 Å². The average Bonchev–Trinajstić information content (AvgIpc) is 2.25. The molecule has 2 heteroatoms. The third-order valence-corrected chi connectivity index (χ3v) is 4.72. The van der Waals surface area contributed by atoms with Crippen molar-refractivity contribution in [3.05, 3.63) is 0 Å². The van der Waals surface area contributed by atoms with Crippen molar-refractivity contribution >= 4 is 0 Å². The highest BCUT2D eigenvalue weighted by Crippen LogP contribution is 2.45. The largest absolute Gasteiger partial charge is 0.314 e. The number of hydrogen-bond acceptors (Lipinski definition) is 2. The molecule has 1 aliphatic carbocycles. The molecule has 0 atom stereocenters. The summed E-state index contributed by atoms with van der Waals surface area (Å²) in [6.07, 6.45) is 5.86. The first-order valence-electron chi connectivity index (χ1n) is 7.95. The van der Waals surface area contributed by atoms with Crippen LogP contribution in [0.15, 0.2) is 0 Å². The van der Waals surface area contributed by atoms with E-state index in [2.05, 4.69) is 37.9 Å². The van der Waals surface area contributed by atoms with Crippen LogP contribution in [-0.2, 0) is 0 Å². The van der Waals surface area contributed by atoms with Gasteiger partial charge in [-0.25, -0.2) is 0 Å². The van der Waals surface area contributed by atoms with Crippen LogP contribution < -0.4 is 5.32 Å². The van der Waals surface area contributed by atoms with Crippen molar-refractivity contribution in [2.45, 2.75) is 59.4 Å². The first kappa shape index (κ1) is 14.3. The molecule has 0 unspecified atom stereocenters. The van der Waals surface area contributed by atoms with Crippen molar-refractivity contribution in [3.8, 4) is 0 Å². The van der Waals surface area contributed by atoms with Gasteiger partial charge in [0.05, 0.1) is 0 Å². The highest BCUT2D eigenvalue weighted by molar-refractivity contribution is 4.98. The van der Waals surface area contributed by atoms with Crippen molar-refractivity contribution < 1.29 is 1.43 Å². The minimum atomic E-state index is 0. The van der Waals surface area contributed by atoms with Gasteiger partial charge in [-0.15, -0.1) is 0 Å². The summed E-state index contributed by atoms with van der Waals surface area (Å²) in [6, 6.07) is 0.645. The van der Waals surface area contributed by atoms with Crippen molar-refractivity contribution in [3.63, 3.8) is 0 Å². The zero-order valence-electron chi connectivity index (χ0n) is 12.8. The van der Waals surface area contributed by atoms with Gasteiger partial charge < -0.3 is 10.2 Å². The molecule has 0 aromatic rings. The topological polar surface area (TPSA) is 15.3 Å². The van der Waals surface area contributed by atoms with E-state index in [1.807, 2.05) is 0 Å². The summed E-state index contributed by atoms with van der Waals surface area (Å²) < 4.78 is 0. The third kappa shape index (κ3) is 3.71. The van der Waals surface area contributed by atoms with Gasteiger partial charge >= 0.3 is 0 Å². The van der Waals surface area contributed by atoms with Gasteiger partial charge in [0, 0.05) is 27.1 Å². The molecule has 2 nitrogen and oxygen atoms in total. The second-order valence-electron chi connectivity index (χ2n) is 7.57. The molecule has 2 aliphatic rings. The minimum absolute atomic E-state index is 0. The predicted octanol–water partition coefficient (Wildman–Crippen LogP) is 3.38. The summed E-state index contributed by atoms with van der Waals surface area (Å²) in [7, 11) is 0. The maximum Gasteiger partial charge on any atom is 0.00506 e. The van der Waals surface area contributed by atoms with Crippen LogP contribution in [0.5, 0.6) is 0 Å². The standard InChI is InChI=1S/C16H32N2.H2/c1-13(2)10-18-11-16(12-18)7-5-15(6-8-16)9-17-14(3)4;/h13-15,17H,5-12H2,1-4H3;1H. The van der Waals surface area contributed by atoms with E-state index in [0.29, 0.717) is 6.04 Å². The number of likely N-dealkylation sites (tertiary alicyclic amines) is 1. The van der Waals surface area contributed by atoms with Gasteiger partial charge in [-0.2, -0.15) is 0 Å². The molecule has 108 valence electrons. The van der Waals surface area contributed by atoms with Crippen molar-refractivity contribution in [1.82, 2.24) is 10.2 Å². The van der Waals surface area contributed by atoms with E-state index in [1.54, 1.807) is 0 Å². The summed E-state index contributed by atoms with van der Waals surface area (Å²) in [5.74, 6) is 1.77. The summed E-state index contributed by atoms with van der Waals surface area (Å²) >= 11 is 0. The molecule has 0 aromatic heterocycles. The average molecular weight is 254 g/mol. The summed E-state index contributed by atoms with van der Waals surface area (Å²) in [5, 5.41) is 3.60. The van der Waals surface area contributed by atoms with Crippen LogP contribution in [0.25, 0.3) is 0 Å². The van der Waals surface area contributed by atoms with Crippen molar-refractivity contribution in [2.24, 2.45) is 17.3 Å². The molecular formula is C16H34N2.